The minimum Gasteiger partial charge on any atom is -0.384 e. The number of carbonyl (C=O) groups is 2. The number of likely N-dealkylation sites (tertiary alicyclic amines) is 1. The molecular formula is C26H32Cl2N2O3. The fourth-order valence-corrected chi connectivity index (χ4v) is 4.73. The minimum atomic E-state index is -1.09. The molecule has 2 aromatic rings. The third-order valence-corrected chi connectivity index (χ3v) is 7.46. The Kier molecular flexibility index (Phi) is 7.77. The van der Waals surface area contributed by atoms with Crippen molar-refractivity contribution in [3.05, 3.63) is 69.7 Å². The number of hydrogen-bond acceptors (Lipinski definition) is 3. The molecule has 178 valence electrons. The molecule has 5 nitrogen and oxygen atoms in total. The van der Waals surface area contributed by atoms with E-state index in [2.05, 4.69) is 5.32 Å². The topological polar surface area (TPSA) is 69.6 Å². The van der Waals surface area contributed by atoms with Gasteiger partial charge in [0.25, 0.3) is 5.91 Å². The van der Waals surface area contributed by atoms with Gasteiger partial charge in [0.15, 0.2) is 0 Å². The van der Waals surface area contributed by atoms with Crippen molar-refractivity contribution in [3.8, 4) is 0 Å². The van der Waals surface area contributed by atoms with E-state index in [9.17, 15) is 14.7 Å². The van der Waals surface area contributed by atoms with Crippen LogP contribution >= 0.6 is 23.2 Å². The zero-order valence-corrected chi connectivity index (χ0v) is 21.1. The predicted octanol–water partition coefficient (Wildman–Crippen LogP) is 5.28. The number of nitrogens with zero attached hydrogens (tertiary/aromatic N) is 1. The first kappa shape index (κ1) is 25.5. The van der Waals surface area contributed by atoms with Gasteiger partial charge in [-0.15, -0.1) is 0 Å². The Hall–Kier alpha value is -2.08. The Bertz CT molecular complexity index is 992. The molecule has 1 fully saturated rings. The number of nitrogens with one attached hydrogen (secondary N) is 1. The smallest absolute Gasteiger partial charge is 0.251 e. The van der Waals surface area contributed by atoms with E-state index in [1.54, 1.807) is 41.3 Å². The van der Waals surface area contributed by atoms with Gasteiger partial charge in [0.1, 0.15) is 6.04 Å². The lowest BCUT2D eigenvalue weighted by atomic mass is 9.66. The molecule has 1 heterocycles. The maximum atomic E-state index is 13.6. The molecule has 33 heavy (non-hydrogen) atoms. The van der Waals surface area contributed by atoms with E-state index in [1.807, 2.05) is 39.8 Å². The molecule has 2 N–H and O–H groups in total. The van der Waals surface area contributed by atoms with E-state index in [0.717, 1.165) is 12.0 Å². The summed E-state index contributed by atoms with van der Waals surface area (Å²) in [7, 11) is 0. The first-order valence-corrected chi connectivity index (χ1v) is 12.1. The van der Waals surface area contributed by atoms with Gasteiger partial charge in [-0.1, -0.05) is 69.5 Å². The summed E-state index contributed by atoms with van der Waals surface area (Å²) in [5, 5.41) is 15.7. The Labute approximate surface area is 206 Å². The number of halogens is 2. The second-order valence-corrected chi connectivity index (χ2v) is 10.5. The zero-order valence-electron chi connectivity index (χ0n) is 19.6. The van der Waals surface area contributed by atoms with Crippen LogP contribution in [0.5, 0.6) is 0 Å². The van der Waals surface area contributed by atoms with Crippen molar-refractivity contribution in [1.82, 2.24) is 10.2 Å². The molecule has 3 atom stereocenters. The number of hydrogen-bond donors (Lipinski definition) is 2. The quantitative estimate of drug-likeness (QED) is 0.578. The molecule has 3 rings (SSSR count). The lowest BCUT2D eigenvalue weighted by Gasteiger charge is -2.51. The molecule has 0 aromatic heterocycles. The van der Waals surface area contributed by atoms with Crippen LogP contribution in [0.2, 0.25) is 10.0 Å². The number of piperidine rings is 1. The number of aliphatic hydroxyl groups is 1. The highest BCUT2D eigenvalue weighted by molar-refractivity contribution is 6.30. The van der Waals surface area contributed by atoms with Crippen LogP contribution in [0.15, 0.2) is 48.5 Å². The molecule has 0 saturated carbocycles. The Morgan fingerprint density at radius 2 is 1.61 bits per heavy atom. The maximum absolute atomic E-state index is 13.6. The standard InChI is InChI=1S/C26H32Cl2N2O3/c1-5-17(2)22(29-23(31)18-6-10-20(27)11-7-18)24(32)30-15-14-26(33,25(3,4)16-30)19-8-12-21(28)13-9-19/h6-13,17,22,33H,5,14-16H2,1-4H3,(H,29,31). The largest absolute Gasteiger partial charge is 0.384 e. The number of rotatable bonds is 6. The molecule has 1 aliphatic heterocycles. The highest BCUT2D eigenvalue weighted by atomic mass is 35.5. The van der Waals surface area contributed by atoms with E-state index in [1.165, 1.54) is 0 Å². The molecule has 0 bridgehead atoms. The maximum Gasteiger partial charge on any atom is 0.251 e. The molecule has 0 radical (unpaired) electrons. The fourth-order valence-electron chi connectivity index (χ4n) is 4.48. The zero-order chi connectivity index (χ0) is 24.4. The molecule has 0 aliphatic carbocycles. The van der Waals surface area contributed by atoms with Crippen molar-refractivity contribution < 1.29 is 14.7 Å². The van der Waals surface area contributed by atoms with Gasteiger partial charge in [-0.05, 0) is 54.3 Å². The summed E-state index contributed by atoms with van der Waals surface area (Å²) in [6.45, 7) is 8.65. The van der Waals surface area contributed by atoms with E-state index in [4.69, 9.17) is 23.2 Å². The number of carbonyl (C=O) groups excluding carboxylic acids is 2. The summed E-state index contributed by atoms with van der Waals surface area (Å²) < 4.78 is 0. The van der Waals surface area contributed by atoms with Crippen LogP contribution in [0.4, 0.5) is 0 Å². The minimum absolute atomic E-state index is 0.0473. The van der Waals surface area contributed by atoms with Crippen LogP contribution in [0.3, 0.4) is 0 Å². The normalized spacial score (nSPS) is 21.8. The van der Waals surface area contributed by atoms with Crippen LogP contribution in [0, 0.1) is 11.3 Å². The summed E-state index contributed by atoms with van der Waals surface area (Å²) in [6, 6.07) is 13.2. The van der Waals surface area contributed by atoms with Crippen molar-refractivity contribution in [3.63, 3.8) is 0 Å². The first-order chi connectivity index (χ1) is 15.5. The lowest BCUT2D eigenvalue weighted by molar-refractivity contribution is -0.155. The van der Waals surface area contributed by atoms with Gasteiger partial charge in [0.2, 0.25) is 5.91 Å². The Morgan fingerprint density at radius 3 is 2.12 bits per heavy atom. The van der Waals surface area contributed by atoms with E-state index >= 15 is 0 Å². The van der Waals surface area contributed by atoms with Gasteiger partial charge in [0.05, 0.1) is 5.60 Å². The third kappa shape index (κ3) is 5.37. The highest BCUT2D eigenvalue weighted by Gasteiger charge is 2.50. The van der Waals surface area contributed by atoms with Crippen molar-refractivity contribution in [2.45, 2.75) is 52.2 Å². The van der Waals surface area contributed by atoms with Gasteiger partial charge in [0, 0.05) is 34.1 Å². The van der Waals surface area contributed by atoms with Crippen molar-refractivity contribution in [2.24, 2.45) is 11.3 Å². The highest BCUT2D eigenvalue weighted by Crippen LogP contribution is 2.46. The SMILES string of the molecule is CCC(C)C(NC(=O)c1ccc(Cl)cc1)C(=O)N1CCC(O)(c2ccc(Cl)cc2)C(C)(C)C1. The van der Waals surface area contributed by atoms with Crippen LogP contribution in [-0.2, 0) is 10.4 Å². The van der Waals surface area contributed by atoms with Crippen LogP contribution < -0.4 is 5.32 Å². The predicted molar refractivity (Wildman–Crippen MR) is 132 cm³/mol. The Balaban J connectivity index is 1.79. The van der Waals surface area contributed by atoms with Crippen molar-refractivity contribution in [1.29, 1.82) is 0 Å². The fraction of sp³-hybridized carbons (Fsp3) is 0.462. The van der Waals surface area contributed by atoms with Gasteiger partial charge in [-0.2, -0.15) is 0 Å². The van der Waals surface area contributed by atoms with Crippen molar-refractivity contribution in [2.75, 3.05) is 13.1 Å². The molecule has 2 amide bonds. The summed E-state index contributed by atoms with van der Waals surface area (Å²) in [5.41, 5.74) is -0.447. The average molecular weight is 491 g/mol. The molecule has 1 saturated heterocycles. The summed E-state index contributed by atoms with van der Waals surface area (Å²) in [5.74, 6) is -0.480. The van der Waals surface area contributed by atoms with E-state index in [-0.39, 0.29) is 17.7 Å². The van der Waals surface area contributed by atoms with E-state index < -0.39 is 17.1 Å². The summed E-state index contributed by atoms with van der Waals surface area (Å²) in [6.07, 6.45) is 1.13. The first-order valence-electron chi connectivity index (χ1n) is 11.3. The lowest BCUT2D eigenvalue weighted by Crippen LogP contribution is -2.60. The van der Waals surface area contributed by atoms with Crippen LogP contribution in [0.1, 0.15) is 56.5 Å². The van der Waals surface area contributed by atoms with Gasteiger partial charge < -0.3 is 15.3 Å². The second kappa shape index (κ2) is 10.0. The van der Waals surface area contributed by atoms with Crippen LogP contribution in [-0.4, -0.2) is 41.0 Å². The molecule has 3 unspecified atom stereocenters. The van der Waals surface area contributed by atoms with E-state index in [0.29, 0.717) is 35.1 Å². The Morgan fingerprint density at radius 1 is 1.06 bits per heavy atom. The summed E-state index contributed by atoms with van der Waals surface area (Å²) >= 11 is 12.0. The molecule has 1 aliphatic rings. The monoisotopic (exact) mass is 490 g/mol. The third-order valence-electron chi connectivity index (χ3n) is 6.95. The van der Waals surface area contributed by atoms with Gasteiger partial charge in [-0.25, -0.2) is 0 Å². The molecule has 2 aromatic carbocycles. The number of amides is 2. The van der Waals surface area contributed by atoms with Gasteiger partial charge in [-0.3, -0.25) is 9.59 Å². The molecule has 7 heteroatoms. The van der Waals surface area contributed by atoms with Crippen molar-refractivity contribution >= 4 is 35.0 Å². The second-order valence-electron chi connectivity index (χ2n) is 9.60. The number of benzene rings is 2. The van der Waals surface area contributed by atoms with Crippen LogP contribution in [0.25, 0.3) is 0 Å². The molecule has 0 spiro atoms. The summed E-state index contributed by atoms with van der Waals surface area (Å²) in [4.78, 5) is 28.2. The van der Waals surface area contributed by atoms with Gasteiger partial charge >= 0.3 is 0 Å². The average Bonchev–Trinajstić information content (AvgIpc) is 2.79. The molecular weight excluding hydrogens is 459 g/mol.